The quantitative estimate of drug-likeness (QED) is 0.901. The number of nitrogens with zero attached hydrogens (tertiary/aromatic N) is 1. The highest BCUT2D eigenvalue weighted by Gasteiger charge is 2.32. The molecular weight excluding hydrogens is 306 g/mol. The predicted octanol–water partition coefficient (Wildman–Crippen LogP) is 3.19. The molecule has 0 saturated heterocycles. The van der Waals surface area contributed by atoms with E-state index in [1.165, 1.54) is 5.56 Å². The van der Waals surface area contributed by atoms with Gasteiger partial charge in [-0.2, -0.15) is 0 Å². The van der Waals surface area contributed by atoms with Gasteiger partial charge >= 0.3 is 0 Å². The van der Waals surface area contributed by atoms with Crippen LogP contribution in [-0.2, 0) is 6.54 Å². The van der Waals surface area contributed by atoms with Crippen LogP contribution in [0, 0.1) is 0 Å². The fourth-order valence-corrected chi connectivity index (χ4v) is 3.21. The summed E-state index contributed by atoms with van der Waals surface area (Å²) in [7, 11) is 3.74. The molecule has 1 N–H and O–H groups in total. The topological polar surface area (TPSA) is 32.7 Å². The Kier molecular flexibility index (Phi) is 4.87. The van der Waals surface area contributed by atoms with Crippen molar-refractivity contribution in [2.45, 2.75) is 37.8 Å². The van der Waals surface area contributed by atoms with E-state index in [1.54, 1.807) is 7.11 Å². The van der Waals surface area contributed by atoms with E-state index in [1.807, 2.05) is 18.2 Å². The summed E-state index contributed by atoms with van der Waals surface area (Å²) < 4.78 is 6.34. The van der Waals surface area contributed by atoms with Crippen molar-refractivity contribution < 1.29 is 9.84 Å². The van der Waals surface area contributed by atoms with Gasteiger partial charge in [0.15, 0.2) is 0 Å². The lowest BCUT2D eigenvalue weighted by Gasteiger charge is -2.28. The average molecular weight is 328 g/mol. The normalized spacial score (nSPS) is 17.9. The maximum atomic E-state index is 10.4. The predicted molar refractivity (Wildman–Crippen MR) is 80.4 cm³/mol. The van der Waals surface area contributed by atoms with E-state index in [4.69, 9.17) is 4.74 Å². The Hall–Kier alpha value is -0.580. The third-order valence-electron chi connectivity index (χ3n) is 3.79. The van der Waals surface area contributed by atoms with E-state index in [0.29, 0.717) is 0 Å². The van der Waals surface area contributed by atoms with Crippen LogP contribution >= 0.6 is 15.9 Å². The standard InChI is InChI=1S/C15H22BrNO2/c1-17(11-15(18)7-3-4-8-15)10-12-9-13(19-2)5-6-14(12)16/h5-6,9,18H,3-4,7-8,10-11H2,1-2H3. The van der Waals surface area contributed by atoms with Gasteiger partial charge in [0.2, 0.25) is 0 Å². The van der Waals surface area contributed by atoms with E-state index in [2.05, 4.69) is 27.9 Å². The largest absolute Gasteiger partial charge is 0.497 e. The van der Waals surface area contributed by atoms with Crippen LogP contribution in [0.3, 0.4) is 0 Å². The van der Waals surface area contributed by atoms with Crippen LogP contribution in [0.1, 0.15) is 31.2 Å². The highest BCUT2D eigenvalue weighted by molar-refractivity contribution is 9.10. The number of benzene rings is 1. The monoisotopic (exact) mass is 327 g/mol. The highest BCUT2D eigenvalue weighted by Crippen LogP contribution is 2.31. The number of methoxy groups -OCH3 is 1. The minimum absolute atomic E-state index is 0.486. The third-order valence-corrected chi connectivity index (χ3v) is 4.57. The Morgan fingerprint density at radius 1 is 1.37 bits per heavy atom. The van der Waals surface area contributed by atoms with E-state index >= 15 is 0 Å². The fraction of sp³-hybridized carbons (Fsp3) is 0.600. The lowest BCUT2D eigenvalue weighted by molar-refractivity contribution is 0.0145. The zero-order valence-corrected chi connectivity index (χ0v) is 13.2. The van der Waals surface area contributed by atoms with Crippen LogP contribution in [0.25, 0.3) is 0 Å². The van der Waals surface area contributed by atoms with E-state index < -0.39 is 5.60 Å². The molecule has 106 valence electrons. The van der Waals surface area contributed by atoms with Crippen molar-refractivity contribution in [2.24, 2.45) is 0 Å². The maximum absolute atomic E-state index is 10.4. The van der Waals surface area contributed by atoms with Gasteiger partial charge in [0.05, 0.1) is 12.7 Å². The van der Waals surface area contributed by atoms with Crippen LogP contribution in [0.4, 0.5) is 0 Å². The van der Waals surface area contributed by atoms with Crippen molar-refractivity contribution in [3.05, 3.63) is 28.2 Å². The van der Waals surface area contributed by atoms with Gasteiger partial charge in [-0.05, 0) is 43.7 Å². The first kappa shape index (κ1) is 14.8. The number of aliphatic hydroxyl groups is 1. The van der Waals surface area contributed by atoms with Gasteiger partial charge in [-0.15, -0.1) is 0 Å². The molecule has 1 aromatic rings. The molecule has 4 heteroatoms. The Bertz CT molecular complexity index is 430. The maximum Gasteiger partial charge on any atom is 0.119 e. The summed E-state index contributed by atoms with van der Waals surface area (Å²) in [5.74, 6) is 0.867. The van der Waals surface area contributed by atoms with Crippen LogP contribution in [0.5, 0.6) is 5.75 Å². The Morgan fingerprint density at radius 2 is 2.05 bits per heavy atom. The lowest BCUT2D eigenvalue weighted by atomic mass is 10.0. The van der Waals surface area contributed by atoms with Crippen molar-refractivity contribution in [3.63, 3.8) is 0 Å². The molecule has 1 fully saturated rings. The zero-order chi connectivity index (χ0) is 13.9. The highest BCUT2D eigenvalue weighted by atomic mass is 79.9. The molecule has 0 amide bonds. The molecule has 1 aliphatic rings. The summed E-state index contributed by atoms with van der Waals surface area (Å²) in [5.41, 5.74) is 0.698. The summed E-state index contributed by atoms with van der Waals surface area (Å²) in [4.78, 5) is 2.19. The zero-order valence-electron chi connectivity index (χ0n) is 11.7. The molecule has 0 bridgehead atoms. The second-order valence-electron chi connectivity index (χ2n) is 5.56. The summed E-state index contributed by atoms with van der Waals surface area (Å²) in [6, 6.07) is 5.99. The Balaban J connectivity index is 2.00. The minimum atomic E-state index is -0.486. The van der Waals surface area contributed by atoms with Crippen molar-refractivity contribution in [1.82, 2.24) is 4.90 Å². The molecule has 0 atom stereocenters. The van der Waals surface area contributed by atoms with Crippen LogP contribution < -0.4 is 4.74 Å². The van der Waals surface area contributed by atoms with Crippen LogP contribution in [0.2, 0.25) is 0 Å². The fourth-order valence-electron chi connectivity index (χ4n) is 2.84. The molecule has 0 unspecified atom stereocenters. The van der Waals surface area contributed by atoms with Gasteiger partial charge in [0.1, 0.15) is 5.75 Å². The van der Waals surface area contributed by atoms with Crippen molar-refractivity contribution in [2.75, 3.05) is 20.7 Å². The van der Waals surface area contributed by atoms with E-state index in [-0.39, 0.29) is 0 Å². The lowest BCUT2D eigenvalue weighted by Crippen LogP contribution is -2.38. The number of halogens is 1. The molecule has 1 aromatic carbocycles. The van der Waals surface area contributed by atoms with Gasteiger partial charge in [-0.25, -0.2) is 0 Å². The number of rotatable bonds is 5. The minimum Gasteiger partial charge on any atom is -0.497 e. The molecule has 1 saturated carbocycles. The van der Waals surface area contributed by atoms with Gasteiger partial charge in [0.25, 0.3) is 0 Å². The molecule has 2 rings (SSSR count). The molecule has 3 nitrogen and oxygen atoms in total. The molecular formula is C15H22BrNO2. The third kappa shape index (κ3) is 3.94. The van der Waals surface area contributed by atoms with Crippen molar-refractivity contribution >= 4 is 15.9 Å². The molecule has 0 spiro atoms. The number of hydrogen-bond donors (Lipinski definition) is 1. The Labute approximate surface area is 123 Å². The molecule has 0 radical (unpaired) electrons. The number of hydrogen-bond acceptors (Lipinski definition) is 3. The summed E-state index contributed by atoms with van der Waals surface area (Å²) in [6.45, 7) is 1.54. The second kappa shape index (κ2) is 6.25. The van der Waals surface area contributed by atoms with Crippen LogP contribution in [0.15, 0.2) is 22.7 Å². The summed E-state index contributed by atoms with van der Waals surface area (Å²) in [6.07, 6.45) is 4.15. The second-order valence-corrected chi connectivity index (χ2v) is 6.42. The smallest absolute Gasteiger partial charge is 0.119 e. The SMILES string of the molecule is COc1ccc(Br)c(CN(C)CC2(O)CCCC2)c1. The van der Waals surface area contributed by atoms with Gasteiger partial charge in [0, 0.05) is 17.6 Å². The van der Waals surface area contributed by atoms with E-state index in [9.17, 15) is 5.11 Å². The first-order valence-electron chi connectivity index (χ1n) is 6.76. The van der Waals surface area contributed by atoms with Gasteiger partial charge < -0.3 is 9.84 Å². The van der Waals surface area contributed by atoms with Crippen LogP contribution in [-0.4, -0.2) is 36.3 Å². The van der Waals surface area contributed by atoms with Crippen molar-refractivity contribution in [3.8, 4) is 5.75 Å². The first-order chi connectivity index (χ1) is 9.02. The first-order valence-corrected chi connectivity index (χ1v) is 7.55. The molecule has 19 heavy (non-hydrogen) atoms. The van der Waals surface area contributed by atoms with Gasteiger partial charge in [-0.3, -0.25) is 4.90 Å². The Morgan fingerprint density at radius 3 is 2.68 bits per heavy atom. The van der Waals surface area contributed by atoms with Gasteiger partial charge in [-0.1, -0.05) is 28.8 Å². The van der Waals surface area contributed by atoms with E-state index in [0.717, 1.165) is 49.0 Å². The molecule has 0 aliphatic heterocycles. The average Bonchev–Trinajstić information content (AvgIpc) is 2.78. The summed E-state index contributed by atoms with van der Waals surface area (Å²) >= 11 is 3.57. The molecule has 1 aliphatic carbocycles. The van der Waals surface area contributed by atoms with Crippen molar-refractivity contribution in [1.29, 1.82) is 0 Å². The summed E-state index contributed by atoms with van der Waals surface area (Å²) in [5, 5.41) is 10.4. The number of likely N-dealkylation sites (N-methyl/N-ethyl adjacent to an activating group) is 1. The molecule has 0 aromatic heterocycles. The molecule has 0 heterocycles. The number of ether oxygens (including phenoxy) is 1.